The zero-order valence-electron chi connectivity index (χ0n) is 10.0. The third kappa shape index (κ3) is 5.48. The lowest BCUT2D eigenvalue weighted by Gasteiger charge is -2.15. The van der Waals surface area contributed by atoms with Gasteiger partial charge in [-0.15, -0.1) is 0 Å². The topological polar surface area (TPSA) is 61.2 Å². The van der Waals surface area contributed by atoms with Crippen LogP contribution in [-0.4, -0.2) is 38.9 Å². The van der Waals surface area contributed by atoms with Crippen molar-refractivity contribution in [2.24, 2.45) is 0 Å². The summed E-state index contributed by atoms with van der Waals surface area (Å²) in [6.45, 7) is 1.14. The van der Waals surface area contributed by atoms with Gasteiger partial charge in [0.05, 0.1) is 17.4 Å². The van der Waals surface area contributed by atoms with E-state index in [2.05, 4.69) is 6.07 Å². The Kier molecular flexibility index (Phi) is 4.67. The fourth-order valence-corrected chi connectivity index (χ4v) is 2.09. The van der Waals surface area contributed by atoms with Crippen LogP contribution in [0.4, 0.5) is 0 Å². The van der Waals surface area contributed by atoms with Crippen molar-refractivity contribution in [3.8, 4) is 6.07 Å². The molecule has 0 aliphatic carbocycles. The number of rotatable bonds is 5. The van der Waals surface area contributed by atoms with Crippen LogP contribution in [-0.2, 0) is 16.4 Å². The van der Waals surface area contributed by atoms with E-state index >= 15 is 0 Å². The lowest BCUT2D eigenvalue weighted by atomic mass is 10.1. The van der Waals surface area contributed by atoms with E-state index in [1.54, 1.807) is 6.07 Å². The van der Waals surface area contributed by atoms with Gasteiger partial charge in [0.2, 0.25) is 0 Å². The fourth-order valence-electron chi connectivity index (χ4n) is 1.45. The van der Waals surface area contributed by atoms with Crippen molar-refractivity contribution in [3.63, 3.8) is 0 Å². The summed E-state index contributed by atoms with van der Waals surface area (Å²) in [6, 6.07) is 9.41. The highest BCUT2D eigenvalue weighted by molar-refractivity contribution is 7.90. The minimum atomic E-state index is -2.92. The Morgan fingerprint density at radius 3 is 2.71 bits per heavy atom. The summed E-state index contributed by atoms with van der Waals surface area (Å²) in [6.07, 6.45) is 1.23. The molecule has 0 fully saturated rings. The molecule has 0 N–H and O–H groups in total. The fraction of sp³-hybridized carbons (Fsp3) is 0.417. The molecule has 0 radical (unpaired) electrons. The third-order valence-corrected chi connectivity index (χ3v) is 3.28. The van der Waals surface area contributed by atoms with Crippen LogP contribution in [0.25, 0.3) is 0 Å². The molecular formula is C12H16N2O2S. The molecule has 0 atom stereocenters. The standard InChI is InChI=1S/C12H16N2O2S/c1-14(6-7-17(2,15)16)10-12-5-3-4-11(8-12)9-13/h3-5,8H,6-7,10H2,1-2H3. The summed E-state index contributed by atoms with van der Waals surface area (Å²) < 4.78 is 22.0. The molecule has 1 aromatic carbocycles. The third-order valence-electron chi connectivity index (χ3n) is 2.35. The van der Waals surface area contributed by atoms with E-state index in [9.17, 15) is 8.42 Å². The molecule has 0 heterocycles. The Bertz CT molecular complexity index is 518. The molecule has 0 saturated carbocycles. The molecule has 0 aliphatic heterocycles. The van der Waals surface area contributed by atoms with Crippen LogP contribution < -0.4 is 0 Å². The maximum atomic E-state index is 11.0. The summed E-state index contributed by atoms with van der Waals surface area (Å²) >= 11 is 0. The second kappa shape index (κ2) is 5.80. The summed E-state index contributed by atoms with van der Waals surface area (Å²) in [4.78, 5) is 1.93. The Labute approximate surface area is 102 Å². The van der Waals surface area contributed by atoms with Crippen molar-refractivity contribution in [2.75, 3.05) is 25.6 Å². The minimum Gasteiger partial charge on any atom is -0.301 e. The number of hydrogen-bond donors (Lipinski definition) is 0. The van der Waals surface area contributed by atoms with Gasteiger partial charge in [0.25, 0.3) is 0 Å². The van der Waals surface area contributed by atoms with Gasteiger partial charge in [-0.25, -0.2) is 8.42 Å². The van der Waals surface area contributed by atoms with Gasteiger partial charge in [0.15, 0.2) is 0 Å². The summed E-state index contributed by atoms with van der Waals surface area (Å²) in [5, 5.41) is 8.76. The van der Waals surface area contributed by atoms with Crippen LogP contribution in [0.3, 0.4) is 0 Å². The molecule has 0 bridgehead atoms. The monoisotopic (exact) mass is 252 g/mol. The largest absolute Gasteiger partial charge is 0.301 e. The van der Waals surface area contributed by atoms with E-state index in [0.717, 1.165) is 5.56 Å². The lowest BCUT2D eigenvalue weighted by Crippen LogP contribution is -2.24. The number of nitriles is 1. The Hall–Kier alpha value is -1.38. The van der Waals surface area contributed by atoms with Gasteiger partial charge in [0.1, 0.15) is 9.84 Å². The van der Waals surface area contributed by atoms with Gasteiger partial charge in [-0.3, -0.25) is 0 Å². The Balaban J connectivity index is 2.56. The van der Waals surface area contributed by atoms with E-state index in [1.165, 1.54) is 6.26 Å². The smallest absolute Gasteiger partial charge is 0.148 e. The van der Waals surface area contributed by atoms with Crippen LogP contribution in [0.2, 0.25) is 0 Å². The van der Waals surface area contributed by atoms with E-state index in [0.29, 0.717) is 18.7 Å². The molecule has 0 aliphatic rings. The average molecular weight is 252 g/mol. The van der Waals surface area contributed by atoms with Gasteiger partial charge in [-0.1, -0.05) is 12.1 Å². The first-order chi connectivity index (χ1) is 7.90. The predicted octanol–water partition coefficient (Wildman–Crippen LogP) is 1.03. The molecule has 0 aromatic heterocycles. The SMILES string of the molecule is CN(CCS(C)(=O)=O)Cc1cccc(C#N)c1. The van der Waals surface area contributed by atoms with Gasteiger partial charge in [-0.05, 0) is 24.7 Å². The van der Waals surface area contributed by atoms with Crippen LogP contribution in [0, 0.1) is 11.3 Å². The quantitative estimate of drug-likeness (QED) is 0.785. The van der Waals surface area contributed by atoms with E-state index in [-0.39, 0.29) is 5.75 Å². The maximum absolute atomic E-state index is 11.0. The molecule has 4 nitrogen and oxygen atoms in total. The van der Waals surface area contributed by atoms with Crippen molar-refractivity contribution in [1.82, 2.24) is 4.90 Å². The molecule has 0 saturated heterocycles. The van der Waals surface area contributed by atoms with Crippen LogP contribution >= 0.6 is 0 Å². The first-order valence-electron chi connectivity index (χ1n) is 5.26. The van der Waals surface area contributed by atoms with Gasteiger partial charge in [0, 0.05) is 19.3 Å². The van der Waals surface area contributed by atoms with E-state index in [1.807, 2.05) is 30.1 Å². The molecule has 1 aromatic rings. The van der Waals surface area contributed by atoms with Crippen molar-refractivity contribution in [3.05, 3.63) is 35.4 Å². The van der Waals surface area contributed by atoms with E-state index < -0.39 is 9.84 Å². The van der Waals surface area contributed by atoms with Gasteiger partial charge < -0.3 is 4.90 Å². The van der Waals surface area contributed by atoms with Gasteiger partial charge >= 0.3 is 0 Å². The molecule has 5 heteroatoms. The molecule has 17 heavy (non-hydrogen) atoms. The summed E-state index contributed by atoms with van der Waals surface area (Å²) in [5.74, 6) is 0.154. The van der Waals surface area contributed by atoms with Gasteiger partial charge in [-0.2, -0.15) is 5.26 Å². The normalized spacial score (nSPS) is 11.4. The van der Waals surface area contributed by atoms with Crippen LogP contribution in [0.5, 0.6) is 0 Å². The zero-order valence-corrected chi connectivity index (χ0v) is 10.9. The van der Waals surface area contributed by atoms with Crippen molar-refractivity contribution < 1.29 is 8.42 Å². The Morgan fingerprint density at radius 2 is 2.12 bits per heavy atom. The van der Waals surface area contributed by atoms with E-state index in [4.69, 9.17) is 5.26 Å². The number of nitrogens with zero attached hydrogens (tertiary/aromatic N) is 2. The molecule has 0 unspecified atom stereocenters. The molecule has 0 amide bonds. The molecule has 92 valence electrons. The van der Waals surface area contributed by atoms with Crippen molar-refractivity contribution in [1.29, 1.82) is 5.26 Å². The predicted molar refractivity (Wildman–Crippen MR) is 67.2 cm³/mol. The number of hydrogen-bond acceptors (Lipinski definition) is 4. The second-order valence-corrected chi connectivity index (χ2v) is 6.44. The molecule has 1 rings (SSSR count). The summed E-state index contributed by atoms with van der Waals surface area (Å²) in [7, 11) is -1.05. The Morgan fingerprint density at radius 1 is 1.41 bits per heavy atom. The highest BCUT2D eigenvalue weighted by Crippen LogP contribution is 2.06. The minimum absolute atomic E-state index is 0.154. The van der Waals surface area contributed by atoms with Crippen LogP contribution in [0.1, 0.15) is 11.1 Å². The van der Waals surface area contributed by atoms with Crippen molar-refractivity contribution in [2.45, 2.75) is 6.54 Å². The first kappa shape index (κ1) is 13.7. The maximum Gasteiger partial charge on any atom is 0.148 e. The average Bonchev–Trinajstić information content (AvgIpc) is 2.26. The summed E-state index contributed by atoms with van der Waals surface area (Å²) in [5.41, 5.74) is 1.64. The highest BCUT2D eigenvalue weighted by atomic mass is 32.2. The highest BCUT2D eigenvalue weighted by Gasteiger charge is 2.06. The number of sulfone groups is 1. The van der Waals surface area contributed by atoms with Crippen molar-refractivity contribution >= 4 is 9.84 Å². The first-order valence-corrected chi connectivity index (χ1v) is 7.32. The molecule has 0 spiro atoms. The van der Waals surface area contributed by atoms with Crippen LogP contribution in [0.15, 0.2) is 24.3 Å². The molecular weight excluding hydrogens is 236 g/mol. The number of benzene rings is 1. The lowest BCUT2D eigenvalue weighted by molar-refractivity contribution is 0.346. The second-order valence-electron chi connectivity index (χ2n) is 4.18. The zero-order chi connectivity index (χ0) is 12.9.